The van der Waals surface area contributed by atoms with Crippen LogP contribution in [0.3, 0.4) is 0 Å². The van der Waals surface area contributed by atoms with Crippen LogP contribution in [0, 0.1) is 0 Å². The summed E-state index contributed by atoms with van der Waals surface area (Å²) < 4.78 is -0.151. The van der Waals surface area contributed by atoms with E-state index in [0.29, 0.717) is 6.54 Å². The average molecular weight is 214 g/mol. The summed E-state index contributed by atoms with van der Waals surface area (Å²) in [5.74, 6) is 0. The Morgan fingerprint density at radius 1 is 0.812 bits per heavy atom. The van der Waals surface area contributed by atoms with Gasteiger partial charge in [0.05, 0.1) is 0 Å². The minimum absolute atomic E-state index is 0.151. The van der Waals surface area contributed by atoms with Crippen LogP contribution in [0.1, 0.15) is 6.92 Å². The van der Waals surface area contributed by atoms with Crippen molar-refractivity contribution in [3.05, 3.63) is 60.7 Å². The number of para-hydroxylation sites is 2. The van der Waals surface area contributed by atoms with Crippen molar-refractivity contribution in [1.29, 1.82) is 0 Å². The first-order chi connectivity index (χ1) is 7.77. The first-order valence-corrected chi connectivity index (χ1v) is 5.49. The zero-order valence-corrected chi connectivity index (χ0v) is 9.38. The number of hydrogen-bond acceptors (Lipinski definition) is 1. The van der Waals surface area contributed by atoms with Crippen LogP contribution in [0.5, 0.6) is 0 Å². The lowest BCUT2D eigenvalue weighted by molar-refractivity contribution is -0.0184. The molecule has 0 aliphatic carbocycles. The summed E-state index contributed by atoms with van der Waals surface area (Å²) in [6.45, 7) is 2.58. The van der Waals surface area contributed by atoms with Crippen molar-refractivity contribution in [3.8, 4) is 0 Å². The molecule has 0 aliphatic rings. The Morgan fingerprint density at radius 3 is 1.50 bits per heavy atom. The SMILES string of the molecule is CC[N+](O)(c1ccccc1)c1ccccc1. The zero-order chi connectivity index (χ0) is 11.4. The molecule has 2 rings (SSSR count). The Kier molecular flexibility index (Phi) is 3.04. The third-order valence-electron chi connectivity index (χ3n) is 2.82. The van der Waals surface area contributed by atoms with Crippen molar-refractivity contribution >= 4 is 11.4 Å². The highest BCUT2D eigenvalue weighted by atomic mass is 16.5. The Bertz CT molecular complexity index is 399. The van der Waals surface area contributed by atoms with Crippen molar-refractivity contribution in [3.63, 3.8) is 0 Å². The number of quaternary nitrogens is 1. The van der Waals surface area contributed by atoms with Gasteiger partial charge in [0.1, 0.15) is 6.54 Å². The molecular formula is C14H16NO+. The minimum Gasteiger partial charge on any atom is -0.206 e. The summed E-state index contributed by atoms with van der Waals surface area (Å²) in [6.07, 6.45) is 0. The van der Waals surface area contributed by atoms with E-state index in [0.717, 1.165) is 11.4 Å². The van der Waals surface area contributed by atoms with Crippen LogP contribution >= 0.6 is 0 Å². The van der Waals surface area contributed by atoms with Gasteiger partial charge in [-0.3, -0.25) is 0 Å². The molecule has 2 heteroatoms. The van der Waals surface area contributed by atoms with Crippen molar-refractivity contribution in [2.45, 2.75) is 6.92 Å². The van der Waals surface area contributed by atoms with Gasteiger partial charge in [0.25, 0.3) is 0 Å². The molecule has 82 valence electrons. The van der Waals surface area contributed by atoms with E-state index in [4.69, 9.17) is 0 Å². The van der Waals surface area contributed by atoms with E-state index in [1.165, 1.54) is 0 Å². The highest BCUT2D eigenvalue weighted by Gasteiger charge is 2.29. The van der Waals surface area contributed by atoms with Gasteiger partial charge in [0, 0.05) is 24.3 Å². The first-order valence-electron chi connectivity index (χ1n) is 5.49. The van der Waals surface area contributed by atoms with Gasteiger partial charge in [-0.2, -0.15) is 0 Å². The molecule has 1 N–H and O–H groups in total. The van der Waals surface area contributed by atoms with Gasteiger partial charge in [0.15, 0.2) is 11.4 Å². The van der Waals surface area contributed by atoms with E-state index in [9.17, 15) is 5.21 Å². The van der Waals surface area contributed by atoms with Gasteiger partial charge in [-0.15, -0.1) is 4.65 Å². The van der Waals surface area contributed by atoms with Gasteiger partial charge in [0.2, 0.25) is 0 Å². The molecule has 0 heterocycles. The van der Waals surface area contributed by atoms with Crippen LogP contribution in [0.15, 0.2) is 60.7 Å². The highest BCUT2D eigenvalue weighted by molar-refractivity contribution is 5.55. The van der Waals surface area contributed by atoms with Gasteiger partial charge >= 0.3 is 0 Å². The molecule has 2 aromatic rings. The molecule has 0 saturated heterocycles. The standard InChI is InChI=1S/C14H16NO/c1-2-15(16,13-9-5-3-6-10-13)14-11-7-4-8-12-14/h3-12,16H,2H2,1H3/q+1. The van der Waals surface area contributed by atoms with Crippen molar-refractivity contribution in [2.24, 2.45) is 0 Å². The molecule has 0 amide bonds. The summed E-state index contributed by atoms with van der Waals surface area (Å²) in [4.78, 5) is 0. The summed E-state index contributed by atoms with van der Waals surface area (Å²) in [5.41, 5.74) is 1.77. The van der Waals surface area contributed by atoms with Crippen LogP contribution in [0.4, 0.5) is 11.4 Å². The van der Waals surface area contributed by atoms with E-state index in [1.54, 1.807) is 0 Å². The molecule has 0 unspecified atom stereocenters. The molecule has 0 aromatic heterocycles. The Balaban J connectivity index is 2.49. The van der Waals surface area contributed by atoms with Crippen molar-refractivity contribution in [2.75, 3.05) is 6.54 Å². The number of nitrogens with zero attached hydrogens (tertiary/aromatic N) is 1. The molecule has 0 radical (unpaired) electrons. The van der Waals surface area contributed by atoms with Crippen molar-refractivity contribution < 1.29 is 5.21 Å². The predicted molar refractivity (Wildman–Crippen MR) is 66.7 cm³/mol. The summed E-state index contributed by atoms with van der Waals surface area (Å²) in [5, 5.41) is 10.7. The number of rotatable bonds is 3. The van der Waals surface area contributed by atoms with E-state index in [2.05, 4.69) is 0 Å². The van der Waals surface area contributed by atoms with Gasteiger partial charge in [-0.1, -0.05) is 36.4 Å². The average Bonchev–Trinajstić information content (AvgIpc) is 2.40. The number of hydrogen-bond donors (Lipinski definition) is 1. The van der Waals surface area contributed by atoms with Crippen LogP contribution in [-0.2, 0) is 0 Å². The van der Waals surface area contributed by atoms with Gasteiger partial charge < -0.3 is 0 Å². The van der Waals surface area contributed by atoms with Gasteiger partial charge in [-0.25, -0.2) is 5.21 Å². The second kappa shape index (κ2) is 4.47. The van der Waals surface area contributed by atoms with Crippen LogP contribution < -0.4 is 4.65 Å². The maximum Gasteiger partial charge on any atom is 0.170 e. The summed E-state index contributed by atoms with van der Waals surface area (Å²) in [7, 11) is 0. The smallest absolute Gasteiger partial charge is 0.170 e. The molecule has 0 fully saturated rings. The third kappa shape index (κ3) is 1.85. The molecule has 2 nitrogen and oxygen atoms in total. The Labute approximate surface area is 95.9 Å². The second-order valence-corrected chi connectivity index (χ2v) is 3.76. The van der Waals surface area contributed by atoms with Crippen molar-refractivity contribution in [1.82, 2.24) is 4.65 Å². The van der Waals surface area contributed by atoms with E-state index in [1.807, 2.05) is 67.6 Å². The van der Waals surface area contributed by atoms with Gasteiger partial charge in [-0.05, 0) is 6.92 Å². The fourth-order valence-electron chi connectivity index (χ4n) is 1.86. The van der Waals surface area contributed by atoms with Crippen LogP contribution in [0.25, 0.3) is 0 Å². The fourth-order valence-corrected chi connectivity index (χ4v) is 1.86. The molecule has 0 bridgehead atoms. The maximum atomic E-state index is 10.7. The molecule has 0 atom stereocenters. The van der Waals surface area contributed by atoms with E-state index >= 15 is 0 Å². The monoisotopic (exact) mass is 214 g/mol. The van der Waals surface area contributed by atoms with E-state index in [-0.39, 0.29) is 4.65 Å². The van der Waals surface area contributed by atoms with Crippen LogP contribution in [0.2, 0.25) is 0 Å². The van der Waals surface area contributed by atoms with Crippen LogP contribution in [-0.4, -0.2) is 11.8 Å². The normalized spacial score (nSPS) is 11.4. The molecule has 16 heavy (non-hydrogen) atoms. The summed E-state index contributed by atoms with van der Waals surface area (Å²) >= 11 is 0. The summed E-state index contributed by atoms with van der Waals surface area (Å²) in [6, 6.07) is 19.4. The maximum absolute atomic E-state index is 10.7. The molecule has 2 aromatic carbocycles. The fraction of sp³-hybridized carbons (Fsp3) is 0.143. The molecule has 0 saturated carbocycles. The first kappa shape index (κ1) is 10.9. The number of hydroxylamine groups is 1. The zero-order valence-electron chi connectivity index (χ0n) is 9.38. The van der Waals surface area contributed by atoms with E-state index < -0.39 is 0 Å². The number of benzene rings is 2. The molecule has 0 aliphatic heterocycles. The highest BCUT2D eigenvalue weighted by Crippen LogP contribution is 2.31. The Hall–Kier alpha value is -1.64. The second-order valence-electron chi connectivity index (χ2n) is 3.76. The topological polar surface area (TPSA) is 20.2 Å². The predicted octanol–water partition coefficient (Wildman–Crippen LogP) is 3.73. The molecular weight excluding hydrogens is 198 g/mol. The lowest BCUT2D eigenvalue weighted by Gasteiger charge is -2.27. The lowest BCUT2D eigenvalue weighted by atomic mass is 10.2. The lowest BCUT2D eigenvalue weighted by Crippen LogP contribution is -2.39. The Morgan fingerprint density at radius 2 is 1.19 bits per heavy atom. The minimum atomic E-state index is -0.151. The largest absolute Gasteiger partial charge is 0.206 e. The third-order valence-corrected chi connectivity index (χ3v) is 2.82. The molecule has 0 spiro atoms. The quantitative estimate of drug-likeness (QED) is 0.609.